The number of aliphatic carboxylic acids is 1. The van der Waals surface area contributed by atoms with Gasteiger partial charge in [-0.25, -0.2) is 0 Å². The quantitative estimate of drug-likeness (QED) is 0.577. The average Bonchev–Trinajstić information content (AvgIpc) is 3.05. The number of hydrogen-bond donors (Lipinski definition) is 1. The number of fused-ring (bicyclic) bond motifs is 1. The second-order valence-corrected chi connectivity index (χ2v) is 9.91. The predicted molar refractivity (Wildman–Crippen MR) is 126 cm³/mol. The van der Waals surface area contributed by atoms with Gasteiger partial charge in [0.15, 0.2) is 0 Å². The molecule has 172 valence electrons. The number of carbonyl (C=O) groups excluding carboxylic acids is 1. The molecule has 0 spiro atoms. The van der Waals surface area contributed by atoms with Crippen LogP contribution in [-0.4, -0.2) is 40.6 Å². The third-order valence-corrected chi connectivity index (χ3v) is 5.92. The number of rotatable bonds is 9. The highest BCUT2D eigenvalue weighted by Gasteiger charge is 2.35. The highest BCUT2D eigenvalue weighted by molar-refractivity contribution is 5.95. The lowest BCUT2D eigenvalue weighted by molar-refractivity contribution is -0.137. The molecule has 1 heterocycles. The van der Waals surface area contributed by atoms with Crippen LogP contribution in [0.1, 0.15) is 74.0 Å². The fraction of sp³-hybridized carbons (Fsp3) is 0.481. The van der Waals surface area contributed by atoms with Crippen LogP contribution in [-0.2, 0) is 17.6 Å². The molecule has 0 bridgehead atoms. The maximum absolute atomic E-state index is 13.1. The number of ether oxygens (including phenoxy) is 1. The smallest absolute Gasteiger partial charge is 0.305 e. The zero-order chi connectivity index (χ0) is 23.5. The summed E-state index contributed by atoms with van der Waals surface area (Å²) < 4.78 is 6.31. The van der Waals surface area contributed by atoms with Gasteiger partial charge >= 0.3 is 5.97 Å². The Kier molecular flexibility index (Phi) is 7.27. The van der Waals surface area contributed by atoms with E-state index in [9.17, 15) is 9.59 Å². The number of hydrogen-bond acceptors (Lipinski definition) is 3. The van der Waals surface area contributed by atoms with Crippen molar-refractivity contribution in [2.45, 2.75) is 65.4 Å². The minimum absolute atomic E-state index is 0.0554. The van der Waals surface area contributed by atoms with Gasteiger partial charge in [-0.3, -0.25) is 9.59 Å². The molecule has 0 radical (unpaired) electrons. The maximum atomic E-state index is 13.1. The summed E-state index contributed by atoms with van der Waals surface area (Å²) in [5.41, 5.74) is 3.82. The largest absolute Gasteiger partial charge is 0.487 e. The molecule has 5 heteroatoms. The molecular formula is C27H35NO4. The summed E-state index contributed by atoms with van der Waals surface area (Å²) in [5.74, 6) is 0.569. The summed E-state index contributed by atoms with van der Waals surface area (Å²) in [4.78, 5) is 25.8. The predicted octanol–water partition coefficient (Wildman–Crippen LogP) is 5.32. The van der Waals surface area contributed by atoms with Crippen LogP contribution in [0.3, 0.4) is 0 Å². The molecule has 1 aliphatic rings. The first-order valence-electron chi connectivity index (χ1n) is 11.5. The number of amides is 1. The molecule has 1 amide bonds. The van der Waals surface area contributed by atoms with Crippen LogP contribution in [0.5, 0.6) is 5.75 Å². The van der Waals surface area contributed by atoms with Gasteiger partial charge in [-0.1, -0.05) is 52.0 Å². The zero-order valence-corrected chi connectivity index (χ0v) is 19.9. The standard InChI is InChI=1S/C27H35NO4/c1-18(2)17-28(13-12-25(29)30)26(31)22-10-11-24-23(14-22)16-27(5,32-24)15-20-6-8-21(9-7-20)19(3)4/h6-11,14,18-19H,12-13,15-17H2,1-5H3,(H,29,30)/t27-/m1/s1. The summed E-state index contributed by atoms with van der Waals surface area (Å²) in [5, 5.41) is 9.04. The van der Waals surface area contributed by atoms with Gasteiger partial charge in [-0.05, 0) is 53.6 Å². The lowest BCUT2D eigenvalue weighted by Gasteiger charge is -2.24. The molecule has 5 nitrogen and oxygen atoms in total. The molecule has 0 saturated carbocycles. The van der Waals surface area contributed by atoms with E-state index in [-0.39, 0.29) is 30.4 Å². The third-order valence-electron chi connectivity index (χ3n) is 5.92. The van der Waals surface area contributed by atoms with Gasteiger partial charge in [0, 0.05) is 31.5 Å². The van der Waals surface area contributed by atoms with Gasteiger partial charge in [0.25, 0.3) is 5.91 Å². The molecule has 0 fully saturated rings. The molecule has 1 aliphatic heterocycles. The van der Waals surface area contributed by atoms with Crippen LogP contribution in [0.2, 0.25) is 0 Å². The molecule has 0 saturated heterocycles. The number of benzene rings is 2. The second-order valence-electron chi connectivity index (χ2n) is 9.91. The lowest BCUT2D eigenvalue weighted by atomic mass is 9.90. The van der Waals surface area contributed by atoms with Gasteiger partial charge in [-0.2, -0.15) is 0 Å². The first kappa shape index (κ1) is 23.8. The summed E-state index contributed by atoms with van der Waals surface area (Å²) in [6, 6.07) is 14.3. The van der Waals surface area contributed by atoms with E-state index in [0.29, 0.717) is 18.0 Å². The van der Waals surface area contributed by atoms with Crippen molar-refractivity contribution in [1.29, 1.82) is 0 Å². The lowest BCUT2D eigenvalue weighted by Crippen LogP contribution is -2.36. The molecular weight excluding hydrogens is 402 g/mol. The Morgan fingerprint density at radius 3 is 2.38 bits per heavy atom. The Morgan fingerprint density at radius 1 is 1.09 bits per heavy atom. The van der Waals surface area contributed by atoms with Gasteiger partial charge in [0.1, 0.15) is 11.4 Å². The Hall–Kier alpha value is -2.82. The van der Waals surface area contributed by atoms with Crippen LogP contribution in [0.4, 0.5) is 0 Å². The van der Waals surface area contributed by atoms with Crippen molar-refractivity contribution < 1.29 is 19.4 Å². The van der Waals surface area contributed by atoms with Crippen molar-refractivity contribution in [1.82, 2.24) is 4.90 Å². The van der Waals surface area contributed by atoms with E-state index >= 15 is 0 Å². The molecule has 1 atom stereocenters. The Labute approximate surface area is 191 Å². The maximum Gasteiger partial charge on any atom is 0.305 e. The summed E-state index contributed by atoms with van der Waals surface area (Å²) in [6.45, 7) is 11.3. The Bertz CT molecular complexity index is 964. The van der Waals surface area contributed by atoms with Crippen LogP contribution in [0.15, 0.2) is 42.5 Å². The van der Waals surface area contributed by atoms with Gasteiger partial charge in [0.05, 0.1) is 6.42 Å². The van der Waals surface area contributed by atoms with Crippen molar-refractivity contribution in [2.24, 2.45) is 5.92 Å². The fourth-order valence-corrected chi connectivity index (χ4v) is 4.34. The average molecular weight is 438 g/mol. The van der Waals surface area contributed by atoms with Crippen molar-refractivity contribution in [3.63, 3.8) is 0 Å². The summed E-state index contributed by atoms with van der Waals surface area (Å²) >= 11 is 0. The SMILES string of the molecule is CC(C)CN(CCC(=O)O)C(=O)c1ccc2c(c1)C[C@@](C)(Cc1ccc(C(C)C)cc1)O2. The highest BCUT2D eigenvalue weighted by atomic mass is 16.5. The normalized spacial score (nSPS) is 17.3. The number of carboxylic acids is 1. The highest BCUT2D eigenvalue weighted by Crippen LogP contribution is 2.37. The Morgan fingerprint density at radius 2 is 1.78 bits per heavy atom. The molecule has 0 aliphatic carbocycles. The van der Waals surface area contributed by atoms with Crippen molar-refractivity contribution in [2.75, 3.05) is 13.1 Å². The zero-order valence-electron chi connectivity index (χ0n) is 19.9. The third kappa shape index (κ3) is 5.90. The molecule has 0 aromatic heterocycles. The molecule has 2 aromatic rings. The molecule has 2 aromatic carbocycles. The van der Waals surface area contributed by atoms with Crippen molar-refractivity contribution in [3.8, 4) is 5.75 Å². The number of carbonyl (C=O) groups is 2. The number of carboxylic acid groups (broad SMARTS) is 1. The Balaban J connectivity index is 1.73. The summed E-state index contributed by atoms with van der Waals surface area (Å²) in [7, 11) is 0. The monoisotopic (exact) mass is 437 g/mol. The van der Waals surface area contributed by atoms with Crippen molar-refractivity contribution >= 4 is 11.9 Å². The van der Waals surface area contributed by atoms with E-state index < -0.39 is 5.97 Å². The van der Waals surface area contributed by atoms with Gasteiger partial charge in [0.2, 0.25) is 0 Å². The summed E-state index contributed by atoms with van der Waals surface area (Å²) in [6.07, 6.45) is 1.47. The van der Waals surface area contributed by atoms with Crippen LogP contribution < -0.4 is 4.74 Å². The molecule has 0 unspecified atom stereocenters. The fourth-order valence-electron chi connectivity index (χ4n) is 4.34. The van der Waals surface area contributed by atoms with E-state index in [2.05, 4.69) is 45.0 Å². The number of nitrogens with zero attached hydrogens (tertiary/aromatic N) is 1. The molecule has 32 heavy (non-hydrogen) atoms. The van der Waals surface area contributed by atoms with Crippen LogP contribution in [0, 0.1) is 5.92 Å². The van der Waals surface area contributed by atoms with E-state index in [4.69, 9.17) is 9.84 Å². The van der Waals surface area contributed by atoms with E-state index in [1.807, 2.05) is 26.0 Å². The molecule has 3 rings (SSSR count). The molecule has 1 N–H and O–H groups in total. The second kappa shape index (κ2) is 9.76. The first-order valence-corrected chi connectivity index (χ1v) is 11.5. The first-order chi connectivity index (χ1) is 15.1. The van der Waals surface area contributed by atoms with E-state index in [1.165, 1.54) is 11.1 Å². The van der Waals surface area contributed by atoms with E-state index in [1.54, 1.807) is 11.0 Å². The topological polar surface area (TPSA) is 66.8 Å². The van der Waals surface area contributed by atoms with Crippen LogP contribution in [0.25, 0.3) is 0 Å². The van der Waals surface area contributed by atoms with Gasteiger partial charge in [-0.15, -0.1) is 0 Å². The van der Waals surface area contributed by atoms with E-state index in [0.717, 1.165) is 24.2 Å². The minimum Gasteiger partial charge on any atom is -0.487 e. The van der Waals surface area contributed by atoms with Crippen molar-refractivity contribution in [3.05, 3.63) is 64.7 Å². The van der Waals surface area contributed by atoms with Crippen LogP contribution >= 0.6 is 0 Å². The minimum atomic E-state index is -0.897. The van der Waals surface area contributed by atoms with Gasteiger partial charge < -0.3 is 14.7 Å².